The highest BCUT2D eigenvalue weighted by Gasteiger charge is 2.24. The van der Waals surface area contributed by atoms with E-state index < -0.39 is 0 Å². The maximum absolute atomic E-state index is 11.8. The Bertz CT molecular complexity index is 210. The first kappa shape index (κ1) is 16.4. The lowest BCUT2D eigenvalue weighted by Gasteiger charge is -2.31. The Balaban J connectivity index is 4.59. The normalized spacial score (nSPS) is 13.1. The molecule has 0 radical (unpaired) electrons. The molecule has 0 spiro atoms. The van der Waals surface area contributed by atoms with Gasteiger partial charge >= 0.3 is 0 Å². The minimum absolute atomic E-state index is 0.108. The summed E-state index contributed by atoms with van der Waals surface area (Å²) in [5, 5.41) is 0. The van der Waals surface area contributed by atoms with Crippen molar-refractivity contribution < 1.29 is 9.53 Å². The smallest absolute Gasteiger partial charge is 0.251 e. The van der Waals surface area contributed by atoms with E-state index in [2.05, 4.69) is 31.1 Å². The number of rotatable bonds is 9. The maximum Gasteiger partial charge on any atom is 0.251 e. The van der Waals surface area contributed by atoms with Crippen LogP contribution in [0, 0.1) is 5.92 Å². The Morgan fingerprint density at radius 3 is 2.53 bits per heavy atom. The number of carbonyl (C=O) groups is 1. The minimum Gasteiger partial charge on any atom is -0.383 e. The van der Waals surface area contributed by atoms with Gasteiger partial charge < -0.3 is 4.74 Å². The molecule has 5 heteroatoms. The van der Waals surface area contributed by atoms with Gasteiger partial charge in [-0.15, -0.1) is 0 Å². The molecule has 102 valence electrons. The maximum atomic E-state index is 11.8. The van der Waals surface area contributed by atoms with E-state index >= 15 is 0 Å². The molecule has 0 saturated heterocycles. The molecule has 0 aromatic carbocycles. The van der Waals surface area contributed by atoms with Crippen LogP contribution in [-0.4, -0.2) is 43.7 Å². The SMILES string of the molecule is CCCC(C(=O)NN)N(CCOC)CC(C)C. The van der Waals surface area contributed by atoms with Gasteiger partial charge in [0.15, 0.2) is 0 Å². The number of nitrogens with zero attached hydrogens (tertiary/aromatic N) is 1. The molecule has 0 saturated carbocycles. The summed E-state index contributed by atoms with van der Waals surface area (Å²) in [6, 6.07) is -0.150. The third-order valence-corrected chi connectivity index (χ3v) is 2.63. The van der Waals surface area contributed by atoms with Crippen LogP contribution >= 0.6 is 0 Å². The van der Waals surface area contributed by atoms with Crippen molar-refractivity contribution in [3.05, 3.63) is 0 Å². The highest BCUT2D eigenvalue weighted by atomic mass is 16.5. The number of hydrogen-bond donors (Lipinski definition) is 2. The van der Waals surface area contributed by atoms with Crippen LogP contribution in [0.3, 0.4) is 0 Å². The molecule has 0 rings (SSSR count). The van der Waals surface area contributed by atoms with Gasteiger partial charge in [0.1, 0.15) is 0 Å². The van der Waals surface area contributed by atoms with Crippen LogP contribution in [0.5, 0.6) is 0 Å². The summed E-state index contributed by atoms with van der Waals surface area (Å²) in [7, 11) is 1.67. The quantitative estimate of drug-likeness (QED) is 0.357. The van der Waals surface area contributed by atoms with Crippen molar-refractivity contribution in [2.24, 2.45) is 11.8 Å². The fraction of sp³-hybridized carbons (Fsp3) is 0.917. The van der Waals surface area contributed by atoms with Crippen molar-refractivity contribution in [2.45, 2.75) is 39.7 Å². The lowest BCUT2D eigenvalue weighted by molar-refractivity contribution is -0.127. The minimum atomic E-state index is -0.150. The van der Waals surface area contributed by atoms with Crippen LogP contribution in [0.1, 0.15) is 33.6 Å². The van der Waals surface area contributed by atoms with E-state index in [9.17, 15) is 4.79 Å². The second kappa shape index (κ2) is 9.39. The predicted molar refractivity (Wildman–Crippen MR) is 69.3 cm³/mol. The summed E-state index contributed by atoms with van der Waals surface area (Å²) in [6.45, 7) is 8.62. The molecule has 3 N–H and O–H groups in total. The fourth-order valence-electron chi connectivity index (χ4n) is 1.90. The van der Waals surface area contributed by atoms with Crippen molar-refractivity contribution >= 4 is 5.91 Å². The summed E-state index contributed by atoms with van der Waals surface area (Å²) in [4.78, 5) is 13.9. The second-order valence-electron chi connectivity index (χ2n) is 4.69. The van der Waals surface area contributed by atoms with E-state index in [0.717, 1.165) is 25.9 Å². The van der Waals surface area contributed by atoms with E-state index in [4.69, 9.17) is 10.6 Å². The van der Waals surface area contributed by atoms with E-state index in [1.54, 1.807) is 7.11 Å². The van der Waals surface area contributed by atoms with Crippen LogP contribution in [0.25, 0.3) is 0 Å². The summed E-state index contributed by atoms with van der Waals surface area (Å²) in [6.07, 6.45) is 1.78. The third-order valence-electron chi connectivity index (χ3n) is 2.63. The number of nitrogens with two attached hydrogens (primary N) is 1. The van der Waals surface area contributed by atoms with E-state index in [1.807, 2.05) is 0 Å². The van der Waals surface area contributed by atoms with Gasteiger partial charge in [-0.1, -0.05) is 27.2 Å². The van der Waals surface area contributed by atoms with E-state index in [-0.39, 0.29) is 11.9 Å². The van der Waals surface area contributed by atoms with Gasteiger partial charge in [-0.3, -0.25) is 15.1 Å². The Morgan fingerprint density at radius 2 is 2.12 bits per heavy atom. The summed E-state index contributed by atoms with van der Waals surface area (Å²) >= 11 is 0. The zero-order valence-corrected chi connectivity index (χ0v) is 11.5. The summed E-state index contributed by atoms with van der Waals surface area (Å²) in [5.41, 5.74) is 2.26. The molecule has 0 aromatic heterocycles. The van der Waals surface area contributed by atoms with Gasteiger partial charge in [-0.25, -0.2) is 5.84 Å². The Morgan fingerprint density at radius 1 is 1.47 bits per heavy atom. The highest BCUT2D eigenvalue weighted by molar-refractivity contribution is 5.81. The van der Waals surface area contributed by atoms with E-state index in [1.165, 1.54) is 0 Å². The van der Waals surface area contributed by atoms with Crippen molar-refractivity contribution in [3.63, 3.8) is 0 Å². The number of hydrogen-bond acceptors (Lipinski definition) is 4. The molecule has 0 aliphatic rings. The molecule has 0 heterocycles. The standard InChI is InChI=1S/C12H27N3O2/c1-5-6-11(12(16)14-13)15(7-8-17-4)9-10(2)3/h10-11H,5-9,13H2,1-4H3,(H,14,16). The lowest BCUT2D eigenvalue weighted by atomic mass is 10.1. The lowest BCUT2D eigenvalue weighted by Crippen LogP contribution is -2.51. The van der Waals surface area contributed by atoms with Crippen LogP contribution in [0.15, 0.2) is 0 Å². The van der Waals surface area contributed by atoms with Crippen LogP contribution in [0.2, 0.25) is 0 Å². The average Bonchev–Trinajstić information content (AvgIpc) is 2.30. The van der Waals surface area contributed by atoms with Crippen LogP contribution in [-0.2, 0) is 9.53 Å². The van der Waals surface area contributed by atoms with Gasteiger partial charge in [0, 0.05) is 20.2 Å². The molecule has 1 amide bonds. The molecule has 17 heavy (non-hydrogen) atoms. The topological polar surface area (TPSA) is 67.6 Å². The number of hydrazine groups is 1. The van der Waals surface area contributed by atoms with E-state index in [0.29, 0.717) is 12.5 Å². The predicted octanol–water partition coefficient (Wildman–Crippen LogP) is 0.749. The zero-order chi connectivity index (χ0) is 13.3. The molecule has 1 unspecified atom stereocenters. The van der Waals surface area contributed by atoms with Crippen LogP contribution < -0.4 is 11.3 Å². The van der Waals surface area contributed by atoms with Crippen molar-refractivity contribution in [1.29, 1.82) is 0 Å². The van der Waals surface area contributed by atoms with Crippen molar-refractivity contribution in [2.75, 3.05) is 26.8 Å². The van der Waals surface area contributed by atoms with Gasteiger partial charge in [-0.2, -0.15) is 0 Å². The number of amides is 1. The molecule has 0 aromatic rings. The molecule has 0 aliphatic heterocycles. The largest absolute Gasteiger partial charge is 0.383 e. The number of methoxy groups -OCH3 is 1. The van der Waals surface area contributed by atoms with Gasteiger partial charge in [0.05, 0.1) is 12.6 Å². The molecule has 1 atom stereocenters. The Labute approximate surface area is 105 Å². The first-order valence-electron chi connectivity index (χ1n) is 6.30. The first-order valence-corrected chi connectivity index (χ1v) is 6.30. The molecule has 5 nitrogen and oxygen atoms in total. The third kappa shape index (κ3) is 6.61. The first-order chi connectivity index (χ1) is 8.06. The molecule has 0 bridgehead atoms. The summed E-state index contributed by atoms with van der Waals surface area (Å²) in [5.74, 6) is 5.65. The average molecular weight is 245 g/mol. The number of carbonyl (C=O) groups excluding carboxylic acids is 1. The zero-order valence-electron chi connectivity index (χ0n) is 11.5. The van der Waals surface area contributed by atoms with Gasteiger partial charge in [0.2, 0.25) is 0 Å². The molecule has 0 aliphatic carbocycles. The highest BCUT2D eigenvalue weighted by Crippen LogP contribution is 2.10. The fourth-order valence-corrected chi connectivity index (χ4v) is 1.90. The van der Waals surface area contributed by atoms with Crippen LogP contribution in [0.4, 0.5) is 0 Å². The van der Waals surface area contributed by atoms with Gasteiger partial charge in [-0.05, 0) is 12.3 Å². The monoisotopic (exact) mass is 245 g/mol. The molecular weight excluding hydrogens is 218 g/mol. The Kier molecular flexibility index (Phi) is 9.03. The summed E-state index contributed by atoms with van der Waals surface area (Å²) < 4.78 is 5.09. The molecular formula is C12H27N3O2. The second-order valence-corrected chi connectivity index (χ2v) is 4.69. The number of ether oxygens (including phenoxy) is 1. The van der Waals surface area contributed by atoms with Crippen molar-refractivity contribution in [3.8, 4) is 0 Å². The molecule has 0 fully saturated rings. The Hall–Kier alpha value is -0.650. The van der Waals surface area contributed by atoms with Crippen molar-refractivity contribution in [1.82, 2.24) is 10.3 Å². The number of nitrogens with one attached hydrogen (secondary N) is 1. The van der Waals surface area contributed by atoms with Gasteiger partial charge in [0.25, 0.3) is 5.91 Å².